The zero-order chi connectivity index (χ0) is 26.8. The molecule has 10 heteroatoms. The predicted molar refractivity (Wildman–Crippen MR) is 132 cm³/mol. The monoisotopic (exact) mass is 520 g/mol. The first-order valence-corrected chi connectivity index (χ1v) is 13.0. The van der Waals surface area contributed by atoms with Crippen LogP contribution in [0, 0.1) is 22.6 Å². The molecule has 1 saturated heterocycles. The van der Waals surface area contributed by atoms with Crippen LogP contribution < -0.4 is 20.1 Å². The van der Waals surface area contributed by atoms with Gasteiger partial charge in [0.15, 0.2) is 11.6 Å². The first-order chi connectivity index (χ1) is 17.5. The molecule has 2 amide bonds. The van der Waals surface area contributed by atoms with Crippen LogP contribution in [0.3, 0.4) is 0 Å². The SMILES string of the molecule is COc1cc(F)c(OC2CCC(C)(C(=O)O)CC2)cc1C(=O)N[C@@H]1COC[C@@H]1C(=O)NCC1(C)CCC1. The minimum absolute atomic E-state index is 0.0438. The Kier molecular flexibility index (Phi) is 7.96. The maximum Gasteiger partial charge on any atom is 0.309 e. The standard InChI is InChI=1S/C27H37FN2O7/c1-26(7-4-8-26)15-29-23(31)18-13-36-14-20(18)30-24(32)17-11-22(19(28)12-21(17)35-3)37-16-5-9-27(2,10-6-16)25(33)34/h11-12,16,18,20H,4-10,13-15H2,1-3H3,(H,29,31)(H,30,32)(H,33,34)/t16?,18-,20+,27?/m0/s1. The number of carbonyl (C=O) groups excluding carboxylic acids is 2. The highest BCUT2D eigenvalue weighted by Gasteiger charge is 2.40. The summed E-state index contributed by atoms with van der Waals surface area (Å²) in [6, 6.07) is 1.87. The summed E-state index contributed by atoms with van der Waals surface area (Å²) >= 11 is 0. The van der Waals surface area contributed by atoms with Gasteiger partial charge in [-0.3, -0.25) is 14.4 Å². The molecule has 1 aliphatic heterocycles. The van der Waals surface area contributed by atoms with Gasteiger partial charge in [0.25, 0.3) is 5.91 Å². The van der Waals surface area contributed by atoms with Crippen molar-refractivity contribution >= 4 is 17.8 Å². The molecule has 3 N–H and O–H groups in total. The van der Waals surface area contributed by atoms with Gasteiger partial charge < -0.3 is 30.0 Å². The summed E-state index contributed by atoms with van der Waals surface area (Å²) in [4.78, 5) is 37.5. The van der Waals surface area contributed by atoms with Gasteiger partial charge in [0.1, 0.15) is 5.75 Å². The largest absolute Gasteiger partial charge is 0.496 e. The van der Waals surface area contributed by atoms with Crippen LogP contribution in [0.25, 0.3) is 0 Å². The number of rotatable bonds is 9. The first kappa shape index (κ1) is 27.2. The smallest absolute Gasteiger partial charge is 0.309 e. The Morgan fingerprint density at radius 1 is 1.11 bits per heavy atom. The third kappa shape index (κ3) is 6.00. The molecule has 2 aliphatic carbocycles. The van der Waals surface area contributed by atoms with Gasteiger partial charge in [-0.2, -0.15) is 0 Å². The molecule has 3 fully saturated rings. The fourth-order valence-corrected chi connectivity index (χ4v) is 5.30. The highest BCUT2D eigenvalue weighted by atomic mass is 19.1. The summed E-state index contributed by atoms with van der Waals surface area (Å²) in [6.07, 6.45) is 4.75. The Labute approximate surface area is 216 Å². The molecule has 1 heterocycles. The highest BCUT2D eigenvalue weighted by Crippen LogP contribution is 2.40. The van der Waals surface area contributed by atoms with Crippen LogP contribution in [0.2, 0.25) is 0 Å². The van der Waals surface area contributed by atoms with E-state index in [1.54, 1.807) is 6.92 Å². The van der Waals surface area contributed by atoms with E-state index in [1.165, 1.54) is 19.6 Å². The average Bonchev–Trinajstić information content (AvgIpc) is 3.31. The van der Waals surface area contributed by atoms with Crippen molar-refractivity contribution in [3.8, 4) is 11.5 Å². The lowest BCUT2D eigenvalue weighted by atomic mass is 9.70. The van der Waals surface area contributed by atoms with Crippen LogP contribution in [0.4, 0.5) is 4.39 Å². The number of benzene rings is 1. The fraction of sp³-hybridized carbons (Fsp3) is 0.667. The van der Waals surface area contributed by atoms with Crippen molar-refractivity contribution < 1.29 is 38.1 Å². The Morgan fingerprint density at radius 3 is 2.41 bits per heavy atom. The molecule has 37 heavy (non-hydrogen) atoms. The molecule has 0 radical (unpaired) electrons. The van der Waals surface area contributed by atoms with Crippen molar-refractivity contribution in [2.75, 3.05) is 26.9 Å². The van der Waals surface area contributed by atoms with Crippen molar-refractivity contribution in [3.63, 3.8) is 0 Å². The molecule has 0 bridgehead atoms. The van der Waals surface area contributed by atoms with Crippen LogP contribution in [-0.4, -0.2) is 61.9 Å². The molecule has 2 saturated carbocycles. The highest BCUT2D eigenvalue weighted by molar-refractivity contribution is 5.98. The number of aliphatic carboxylic acids is 1. The minimum atomic E-state index is -0.847. The molecular weight excluding hydrogens is 483 g/mol. The number of halogens is 1. The Balaban J connectivity index is 1.41. The summed E-state index contributed by atoms with van der Waals surface area (Å²) in [7, 11) is 1.34. The number of hydrogen-bond donors (Lipinski definition) is 3. The predicted octanol–water partition coefficient (Wildman–Crippen LogP) is 3.30. The maximum absolute atomic E-state index is 14.8. The van der Waals surface area contributed by atoms with E-state index in [-0.39, 0.29) is 47.7 Å². The third-order valence-electron chi connectivity index (χ3n) is 8.33. The van der Waals surface area contributed by atoms with Gasteiger partial charge in [0, 0.05) is 12.6 Å². The van der Waals surface area contributed by atoms with Crippen molar-refractivity contribution in [2.45, 2.75) is 70.9 Å². The van der Waals surface area contributed by atoms with E-state index < -0.39 is 35.1 Å². The molecule has 3 aliphatic rings. The quantitative estimate of drug-likeness (QED) is 0.457. The first-order valence-electron chi connectivity index (χ1n) is 13.0. The van der Waals surface area contributed by atoms with Crippen molar-refractivity contribution in [3.05, 3.63) is 23.5 Å². The number of carboxylic acids is 1. The summed E-state index contributed by atoms with van der Waals surface area (Å²) in [5, 5.41) is 15.3. The number of amides is 2. The van der Waals surface area contributed by atoms with Crippen LogP contribution in [0.1, 0.15) is 69.2 Å². The molecular formula is C27H37FN2O7. The van der Waals surface area contributed by atoms with Crippen LogP contribution >= 0.6 is 0 Å². The summed E-state index contributed by atoms with van der Waals surface area (Å²) in [6.45, 7) is 4.86. The second-order valence-electron chi connectivity index (χ2n) is 11.3. The van der Waals surface area contributed by atoms with E-state index in [0.717, 1.165) is 18.9 Å². The van der Waals surface area contributed by atoms with Gasteiger partial charge in [-0.25, -0.2) is 4.39 Å². The molecule has 2 atom stereocenters. The normalized spacial score (nSPS) is 28.6. The molecule has 1 aromatic rings. The fourth-order valence-electron chi connectivity index (χ4n) is 5.30. The molecule has 1 aromatic carbocycles. The van der Waals surface area contributed by atoms with Crippen molar-refractivity contribution in [2.24, 2.45) is 16.7 Å². The van der Waals surface area contributed by atoms with E-state index in [0.29, 0.717) is 32.2 Å². The van der Waals surface area contributed by atoms with Gasteiger partial charge in [0.2, 0.25) is 5.91 Å². The minimum Gasteiger partial charge on any atom is -0.496 e. The zero-order valence-electron chi connectivity index (χ0n) is 21.7. The van der Waals surface area contributed by atoms with Crippen LogP contribution in [0.15, 0.2) is 12.1 Å². The van der Waals surface area contributed by atoms with Gasteiger partial charge in [-0.1, -0.05) is 13.3 Å². The van der Waals surface area contributed by atoms with Crippen LogP contribution in [0.5, 0.6) is 11.5 Å². The maximum atomic E-state index is 14.8. The van der Waals surface area contributed by atoms with Crippen LogP contribution in [-0.2, 0) is 14.3 Å². The number of ether oxygens (including phenoxy) is 3. The van der Waals surface area contributed by atoms with E-state index in [2.05, 4.69) is 17.6 Å². The lowest BCUT2D eigenvalue weighted by Gasteiger charge is -2.38. The molecule has 9 nitrogen and oxygen atoms in total. The third-order valence-corrected chi connectivity index (χ3v) is 8.33. The number of hydrogen-bond acceptors (Lipinski definition) is 6. The summed E-state index contributed by atoms with van der Waals surface area (Å²) in [5.41, 5.74) is -0.598. The lowest BCUT2D eigenvalue weighted by molar-refractivity contribution is -0.150. The topological polar surface area (TPSA) is 123 Å². The van der Waals surface area contributed by atoms with E-state index in [4.69, 9.17) is 14.2 Å². The Hall–Kier alpha value is -2.88. The average molecular weight is 521 g/mol. The number of methoxy groups -OCH3 is 1. The molecule has 204 valence electrons. The van der Waals surface area contributed by atoms with Crippen molar-refractivity contribution in [1.82, 2.24) is 10.6 Å². The Morgan fingerprint density at radius 2 is 1.81 bits per heavy atom. The number of nitrogens with one attached hydrogen (secondary N) is 2. The number of carboxylic acid groups (broad SMARTS) is 1. The Bertz CT molecular complexity index is 1030. The summed E-state index contributed by atoms with van der Waals surface area (Å²) < 4.78 is 31.4. The van der Waals surface area contributed by atoms with Gasteiger partial charge in [-0.05, 0) is 56.9 Å². The second kappa shape index (κ2) is 10.8. The zero-order valence-corrected chi connectivity index (χ0v) is 21.7. The summed E-state index contributed by atoms with van der Waals surface area (Å²) in [5.74, 6) is -2.78. The molecule has 0 spiro atoms. The van der Waals surface area contributed by atoms with Gasteiger partial charge >= 0.3 is 5.97 Å². The molecule has 0 unspecified atom stereocenters. The number of carbonyl (C=O) groups is 3. The molecule has 4 rings (SSSR count). The van der Waals surface area contributed by atoms with E-state index >= 15 is 0 Å². The van der Waals surface area contributed by atoms with E-state index in [1.807, 2.05) is 0 Å². The molecule has 0 aromatic heterocycles. The van der Waals surface area contributed by atoms with Gasteiger partial charge in [0.05, 0.1) is 49.4 Å². The van der Waals surface area contributed by atoms with Crippen molar-refractivity contribution in [1.29, 1.82) is 0 Å². The second-order valence-corrected chi connectivity index (χ2v) is 11.3. The lowest BCUT2D eigenvalue weighted by Crippen LogP contribution is -2.48. The van der Waals surface area contributed by atoms with Gasteiger partial charge in [-0.15, -0.1) is 0 Å². The van der Waals surface area contributed by atoms with E-state index in [9.17, 15) is 23.9 Å².